The minimum absolute atomic E-state index is 0.420. The maximum absolute atomic E-state index is 5.46. The molecule has 0 amide bonds. The first kappa shape index (κ1) is 20.0. The fraction of sp³-hybridized carbons (Fsp3) is 0.375. The Bertz CT molecular complexity index is 626. The molecule has 0 aliphatic heterocycles. The monoisotopic (exact) mass is 365 g/mol. The molecule has 6 nitrogen and oxygen atoms in total. The third-order valence-electron chi connectivity index (χ3n) is 2.95. The van der Waals surface area contributed by atoms with Gasteiger partial charge in [-0.2, -0.15) is 10.2 Å². The molecule has 0 saturated carbocycles. The number of nitrogens with zero attached hydrogens (tertiary/aromatic N) is 2. The van der Waals surface area contributed by atoms with E-state index in [0.29, 0.717) is 28.1 Å². The molecule has 0 bridgehead atoms. The van der Waals surface area contributed by atoms with Crippen molar-refractivity contribution < 1.29 is 4.74 Å². The highest BCUT2D eigenvalue weighted by atomic mass is 32.1. The van der Waals surface area contributed by atoms with Crippen molar-refractivity contribution in [3.63, 3.8) is 0 Å². The van der Waals surface area contributed by atoms with Gasteiger partial charge in [-0.25, -0.2) is 0 Å². The van der Waals surface area contributed by atoms with Crippen LogP contribution in [0.3, 0.4) is 0 Å². The fourth-order valence-corrected chi connectivity index (χ4v) is 1.76. The Hall–Kier alpha value is -2.06. The summed E-state index contributed by atoms with van der Waals surface area (Å²) >= 11 is 10.2. The number of hydrogen-bond donors (Lipinski definition) is 3. The molecule has 1 aromatic rings. The molecule has 0 unspecified atom stereocenters. The molecule has 0 aliphatic rings. The number of hydrogen-bond acceptors (Lipinski definition) is 5. The lowest BCUT2D eigenvalue weighted by Crippen LogP contribution is -2.31. The molecule has 0 fully saturated rings. The van der Waals surface area contributed by atoms with Gasteiger partial charge in [0.1, 0.15) is 11.5 Å². The fourth-order valence-electron chi connectivity index (χ4n) is 1.67. The van der Waals surface area contributed by atoms with Crippen LogP contribution in [0.1, 0.15) is 32.8 Å². The molecule has 1 rings (SSSR count). The molecule has 0 saturated heterocycles. The average Bonchev–Trinajstić information content (AvgIpc) is 2.61. The van der Waals surface area contributed by atoms with Gasteiger partial charge in [-0.3, -0.25) is 10.9 Å². The predicted octanol–water partition coefficient (Wildman–Crippen LogP) is 2.59. The predicted molar refractivity (Wildman–Crippen MR) is 108 cm³/mol. The molecular weight excluding hydrogens is 342 g/mol. The van der Waals surface area contributed by atoms with E-state index in [0.717, 1.165) is 17.7 Å². The van der Waals surface area contributed by atoms with Crippen molar-refractivity contribution in [3.8, 4) is 5.75 Å². The Morgan fingerprint density at radius 3 is 2.29 bits per heavy atom. The van der Waals surface area contributed by atoms with Crippen molar-refractivity contribution in [2.75, 3.05) is 13.7 Å². The Balaban J connectivity index is 3.08. The molecule has 3 N–H and O–H groups in total. The zero-order chi connectivity index (χ0) is 17.9. The average molecular weight is 366 g/mol. The molecule has 0 radical (unpaired) electrons. The zero-order valence-electron chi connectivity index (χ0n) is 14.3. The lowest BCUT2D eigenvalue weighted by molar-refractivity contribution is 0.340. The van der Waals surface area contributed by atoms with Gasteiger partial charge < -0.3 is 10.1 Å². The van der Waals surface area contributed by atoms with Crippen LogP contribution in [0.25, 0.3) is 0 Å². The van der Waals surface area contributed by atoms with Crippen molar-refractivity contribution in [1.29, 1.82) is 0 Å². The van der Waals surface area contributed by atoms with Gasteiger partial charge in [-0.1, -0.05) is 19.1 Å². The van der Waals surface area contributed by atoms with Crippen molar-refractivity contribution in [2.45, 2.75) is 27.2 Å². The first-order valence-corrected chi connectivity index (χ1v) is 8.45. The molecule has 0 aromatic heterocycles. The van der Waals surface area contributed by atoms with E-state index in [9.17, 15) is 0 Å². The third-order valence-corrected chi connectivity index (χ3v) is 3.62. The summed E-state index contributed by atoms with van der Waals surface area (Å²) in [5.74, 6) is 0.805. The number of hydrazone groups is 2. The maximum Gasteiger partial charge on any atom is 0.186 e. The van der Waals surface area contributed by atoms with Gasteiger partial charge in [-0.05, 0) is 56.8 Å². The minimum atomic E-state index is 0.420. The van der Waals surface area contributed by atoms with Gasteiger partial charge in [-0.15, -0.1) is 0 Å². The Kier molecular flexibility index (Phi) is 8.88. The minimum Gasteiger partial charge on any atom is -0.494 e. The van der Waals surface area contributed by atoms with Crippen LogP contribution < -0.4 is 20.9 Å². The summed E-state index contributed by atoms with van der Waals surface area (Å²) in [5, 5.41) is 11.9. The maximum atomic E-state index is 5.46. The van der Waals surface area contributed by atoms with Crippen molar-refractivity contribution >= 4 is 46.0 Å². The van der Waals surface area contributed by atoms with Crippen LogP contribution in [-0.2, 0) is 0 Å². The zero-order valence-corrected chi connectivity index (χ0v) is 16.0. The molecule has 0 atom stereocenters. The molecule has 0 heterocycles. The molecule has 0 spiro atoms. The SMILES string of the molecule is CCOc1ccc(C(=NNC(=S)NC)C(C)=NNC(=S)CC)cc1. The van der Waals surface area contributed by atoms with E-state index in [1.54, 1.807) is 7.05 Å². The first-order chi connectivity index (χ1) is 11.5. The molecule has 24 heavy (non-hydrogen) atoms. The standard InChI is InChI=1S/C16H23N5OS2/c1-5-14(23)19-18-11(3)15(20-21-16(24)17-4)12-7-9-13(10-8-12)22-6-2/h7-10H,5-6H2,1-4H3,(H,19,23)(H2,17,21,24). The second-order valence-electron chi connectivity index (χ2n) is 4.69. The van der Waals surface area contributed by atoms with Gasteiger partial charge in [0.2, 0.25) is 0 Å². The topological polar surface area (TPSA) is 70.0 Å². The highest BCUT2D eigenvalue weighted by molar-refractivity contribution is 7.80. The van der Waals surface area contributed by atoms with Crippen LogP contribution in [-0.4, -0.2) is 35.2 Å². The first-order valence-electron chi connectivity index (χ1n) is 7.63. The Morgan fingerprint density at radius 2 is 1.75 bits per heavy atom. The summed E-state index contributed by atoms with van der Waals surface area (Å²) in [6.07, 6.45) is 0.726. The van der Waals surface area contributed by atoms with Crippen LogP contribution >= 0.6 is 24.4 Å². The number of ether oxygens (including phenoxy) is 1. The third kappa shape index (κ3) is 6.59. The number of thiocarbonyl (C=S) groups is 2. The van der Waals surface area contributed by atoms with Crippen LogP contribution in [0.4, 0.5) is 0 Å². The molecule has 8 heteroatoms. The van der Waals surface area contributed by atoms with E-state index in [-0.39, 0.29) is 0 Å². The molecule has 130 valence electrons. The summed E-state index contributed by atoms with van der Waals surface area (Å²) < 4.78 is 5.46. The summed E-state index contributed by atoms with van der Waals surface area (Å²) in [6.45, 7) is 6.39. The Labute approximate surface area is 153 Å². The largest absolute Gasteiger partial charge is 0.494 e. The van der Waals surface area contributed by atoms with E-state index in [1.807, 2.05) is 45.0 Å². The van der Waals surface area contributed by atoms with Gasteiger partial charge in [0, 0.05) is 12.6 Å². The smallest absolute Gasteiger partial charge is 0.186 e. The number of benzene rings is 1. The summed E-state index contributed by atoms with van der Waals surface area (Å²) in [4.78, 5) is 0.666. The van der Waals surface area contributed by atoms with Crippen molar-refractivity contribution in [3.05, 3.63) is 29.8 Å². The second kappa shape index (κ2) is 10.7. The van der Waals surface area contributed by atoms with Crippen molar-refractivity contribution in [2.24, 2.45) is 10.2 Å². The Morgan fingerprint density at radius 1 is 1.08 bits per heavy atom. The molecular formula is C16H23N5OS2. The summed E-state index contributed by atoms with van der Waals surface area (Å²) in [6, 6.07) is 7.63. The summed E-state index contributed by atoms with van der Waals surface area (Å²) in [7, 11) is 1.73. The number of nitrogens with one attached hydrogen (secondary N) is 3. The lowest BCUT2D eigenvalue weighted by Gasteiger charge is -2.10. The van der Waals surface area contributed by atoms with Crippen LogP contribution in [0.2, 0.25) is 0 Å². The number of rotatable bonds is 7. The molecule has 1 aromatic carbocycles. The van der Waals surface area contributed by atoms with E-state index in [4.69, 9.17) is 29.2 Å². The van der Waals surface area contributed by atoms with E-state index >= 15 is 0 Å². The normalized spacial score (nSPS) is 11.7. The van der Waals surface area contributed by atoms with Gasteiger partial charge in [0.25, 0.3) is 0 Å². The van der Waals surface area contributed by atoms with Gasteiger partial charge in [0.05, 0.1) is 17.3 Å². The summed E-state index contributed by atoms with van der Waals surface area (Å²) in [5.41, 5.74) is 7.86. The van der Waals surface area contributed by atoms with Crippen LogP contribution in [0.15, 0.2) is 34.5 Å². The van der Waals surface area contributed by atoms with E-state index < -0.39 is 0 Å². The quantitative estimate of drug-likeness (QED) is 0.392. The molecule has 0 aliphatic carbocycles. The van der Waals surface area contributed by atoms with Crippen LogP contribution in [0, 0.1) is 0 Å². The second-order valence-corrected chi connectivity index (χ2v) is 5.60. The van der Waals surface area contributed by atoms with Crippen molar-refractivity contribution in [1.82, 2.24) is 16.2 Å². The highest BCUT2D eigenvalue weighted by Gasteiger charge is 2.09. The van der Waals surface area contributed by atoms with Crippen LogP contribution in [0.5, 0.6) is 5.75 Å². The van der Waals surface area contributed by atoms with E-state index in [2.05, 4.69) is 26.4 Å². The van der Waals surface area contributed by atoms with Gasteiger partial charge >= 0.3 is 0 Å². The highest BCUT2D eigenvalue weighted by Crippen LogP contribution is 2.13. The lowest BCUT2D eigenvalue weighted by atomic mass is 10.1. The van der Waals surface area contributed by atoms with Gasteiger partial charge in [0.15, 0.2) is 5.11 Å². The van der Waals surface area contributed by atoms with E-state index in [1.165, 1.54) is 0 Å².